The first-order valence-electron chi connectivity index (χ1n) is 15.2. The summed E-state index contributed by atoms with van der Waals surface area (Å²) in [5.74, 6) is -7.02. The summed E-state index contributed by atoms with van der Waals surface area (Å²) in [6, 6.07) is 5.13. The number of hydrogen-bond donors (Lipinski definition) is 6. The third kappa shape index (κ3) is 4.46. The van der Waals surface area contributed by atoms with Gasteiger partial charge in [-0.05, 0) is 24.3 Å². The van der Waals surface area contributed by atoms with E-state index in [4.69, 9.17) is 18.9 Å². The number of phenols is 2. The standard InChI is InChI=1S/C34H34O14/c1-13-9-21(41)26-29(44)24-22(47-33(26,11-35)31(13)45-15(3)37)8-6-17(27(24)42)18-5-7-19(39)23-28(43)25-20(40)10-14(2)32(46-16(4)38)34(25,12-36)48-30(18)23/h5-8,13-14,31-32,35-36,39,42-44H,9-12H2,1-4H3. The lowest BCUT2D eigenvalue weighted by Gasteiger charge is -2.48. The third-order valence-electron chi connectivity index (χ3n) is 9.52. The summed E-state index contributed by atoms with van der Waals surface area (Å²) in [7, 11) is 0. The number of benzene rings is 2. The minimum Gasteiger partial charge on any atom is -0.507 e. The Morgan fingerprint density at radius 2 is 1.23 bits per heavy atom. The number of phenolic OH excluding ortho intramolecular Hbond substituents is 2. The van der Waals surface area contributed by atoms with Crippen molar-refractivity contribution in [1.29, 1.82) is 0 Å². The van der Waals surface area contributed by atoms with Gasteiger partial charge in [-0.2, -0.15) is 0 Å². The number of ketones is 2. The first-order valence-corrected chi connectivity index (χ1v) is 15.2. The van der Waals surface area contributed by atoms with E-state index in [0.717, 1.165) is 13.8 Å². The molecule has 0 saturated heterocycles. The van der Waals surface area contributed by atoms with Crippen LogP contribution in [0.5, 0.6) is 23.0 Å². The Kier molecular flexibility index (Phi) is 7.71. The Balaban J connectivity index is 1.57. The van der Waals surface area contributed by atoms with Crippen molar-refractivity contribution >= 4 is 35.0 Å². The Labute approximate surface area is 273 Å². The predicted octanol–water partition coefficient (Wildman–Crippen LogP) is 2.63. The molecular formula is C34H34O14. The van der Waals surface area contributed by atoms with Crippen LogP contribution in [0.2, 0.25) is 0 Å². The van der Waals surface area contributed by atoms with Gasteiger partial charge in [-0.15, -0.1) is 0 Å². The second kappa shape index (κ2) is 11.3. The van der Waals surface area contributed by atoms with Crippen molar-refractivity contribution in [3.05, 3.63) is 46.5 Å². The maximum atomic E-state index is 13.3. The minimum absolute atomic E-state index is 0.00745. The molecule has 2 heterocycles. The Hall–Kier alpha value is -5.08. The van der Waals surface area contributed by atoms with Crippen molar-refractivity contribution in [2.75, 3.05) is 13.2 Å². The summed E-state index contributed by atoms with van der Waals surface area (Å²) < 4.78 is 23.4. The minimum atomic E-state index is -2.10. The van der Waals surface area contributed by atoms with E-state index in [0.29, 0.717) is 0 Å². The molecule has 14 heteroatoms. The zero-order valence-corrected chi connectivity index (χ0v) is 26.4. The van der Waals surface area contributed by atoms with Gasteiger partial charge in [0.15, 0.2) is 23.8 Å². The van der Waals surface area contributed by atoms with Gasteiger partial charge >= 0.3 is 11.9 Å². The van der Waals surface area contributed by atoms with E-state index in [-0.39, 0.29) is 46.6 Å². The van der Waals surface area contributed by atoms with E-state index in [9.17, 15) is 49.8 Å². The number of esters is 2. The second-order valence-corrected chi connectivity index (χ2v) is 12.7. The van der Waals surface area contributed by atoms with Crippen molar-refractivity contribution in [3.63, 3.8) is 0 Å². The number of aromatic hydroxyl groups is 2. The summed E-state index contributed by atoms with van der Waals surface area (Å²) in [4.78, 5) is 50.7. The number of rotatable bonds is 5. The molecule has 2 aliphatic carbocycles. The number of aliphatic hydroxyl groups is 4. The van der Waals surface area contributed by atoms with Crippen LogP contribution in [0.4, 0.5) is 0 Å². The molecule has 4 aliphatic rings. The molecule has 0 bridgehead atoms. The topological polar surface area (TPSA) is 227 Å². The molecule has 254 valence electrons. The average molecular weight is 667 g/mol. The Morgan fingerprint density at radius 3 is 1.73 bits per heavy atom. The summed E-state index contributed by atoms with van der Waals surface area (Å²) in [5.41, 5.74) is -5.65. The van der Waals surface area contributed by atoms with E-state index in [2.05, 4.69) is 0 Å². The Bertz CT molecular complexity index is 1860. The molecule has 2 fully saturated rings. The summed E-state index contributed by atoms with van der Waals surface area (Å²) in [6.07, 6.45) is -2.76. The van der Waals surface area contributed by atoms with Crippen molar-refractivity contribution in [2.45, 2.75) is 63.9 Å². The van der Waals surface area contributed by atoms with Crippen molar-refractivity contribution < 1.29 is 68.8 Å². The van der Waals surface area contributed by atoms with E-state index in [1.165, 1.54) is 24.3 Å². The molecule has 48 heavy (non-hydrogen) atoms. The molecule has 2 aromatic rings. The molecule has 0 spiro atoms. The summed E-state index contributed by atoms with van der Waals surface area (Å²) >= 11 is 0. The first-order chi connectivity index (χ1) is 22.6. The van der Waals surface area contributed by atoms with E-state index >= 15 is 0 Å². The van der Waals surface area contributed by atoms with Gasteiger partial charge in [-0.25, -0.2) is 0 Å². The van der Waals surface area contributed by atoms with E-state index in [1.807, 2.05) is 0 Å². The summed E-state index contributed by atoms with van der Waals surface area (Å²) in [5, 5.41) is 66.9. The number of fused-ring (bicyclic) bond motifs is 4. The van der Waals surface area contributed by atoms with Gasteiger partial charge in [0.1, 0.15) is 45.6 Å². The smallest absolute Gasteiger partial charge is 0.303 e. The van der Waals surface area contributed by atoms with Gasteiger partial charge in [0.05, 0.1) is 24.4 Å². The fraction of sp³-hybridized carbons (Fsp3) is 0.412. The van der Waals surface area contributed by atoms with Crippen LogP contribution < -0.4 is 9.47 Å². The molecule has 0 aromatic heterocycles. The summed E-state index contributed by atoms with van der Waals surface area (Å²) in [6.45, 7) is 3.74. The molecule has 6 atom stereocenters. The van der Waals surface area contributed by atoms with Crippen LogP contribution in [-0.2, 0) is 28.7 Å². The van der Waals surface area contributed by atoms with Gasteiger partial charge in [-0.1, -0.05) is 13.8 Å². The zero-order chi connectivity index (χ0) is 35.0. The molecule has 2 aliphatic heterocycles. The van der Waals surface area contributed by atoms with Crippen LogP contribution in [-0.4, -0.2) is 90.8 Å². The number of hydrogen-bond acceptors (Lipinski definition) is 14. The van der Waals surface area contributed by atoms with Crippen molar-refractivity contribution in [2.24, 2.45) is 11.8 Å². The molecular weight excluding hydrogens is 632 g/mol. The van der Waals surface area contributed by atoms with Crippen molar-refractivity contribution in [1.82, 2.24) is 0 Å². The molecule has 2 aromatic carbocycles. The van der Waals surface area contributed by atoms with Crippen LogP contribution in [0.3, 0.4) is 0 Å². The van der Waals surface area contributed by atoms with Crippen LogP contribution in [0.1, 0.15) is 51.7 Å². The molecule has 2 saturated carbocycles. The molecule has 0 amide bonds. The fourth-order valence-corrected chi connectivity index (χ4v) is 7.60. The van der Waals surface area contributed by atoms with Gasteiger partial charge in [0.2, 0.25) is 11.2 Å². The second-order valence-electron chi connectivity index (χ2n) is 12.7. The maximum Gasteiger partial charge on any atom is 0.303 e. The van der Waals surface area contributed by atoms with E-state index in [1.54, 1.807) is 13.8 Å². The number of aliphatic hydroxyl groups excluding tert-OH is 4. The lowest BCUT2D eigenvalue weighted by molar-refractivity contribution is -0.172. The van der Waals surface area contributed by atoms with E-state index < -0.39 is 106 Å². The monoisotopic (exact) mass is 666 g/mol. The molecule has 6 N–H and O–H groups in total. The third-order valence-corrected chi connectivity index (χ3v) is 9.52. The Morgan fingerprint density at radius 1 is 0.750 bits per heavy atom. The highest BCUT2D eigenvalue weighted by molar-refractivity contribution is 6.08. The number of carbonyl (C=O) groups is 4. The lowest BCUT2D eigenvalue weighted by Crippen LogP contribution is -2.62. The zero-order valence-electron chi connectivity index (χ0n) is 26.4. The van der Waals surface area contributed by atoms with Crippen LogP contribution >= 0.6 is 0 Å². The predicted molar refractivity (Wildman–Crippen MR) is 164 cm³/mol. The van der Waals surface area contributed by atoms with Crippen molar-refractivity contribution in [3.8, 4) is 34.1 Å². The van der Waals surface area contributed by atoms with Gasteiger partial charge in [0.25, 0.3) is 0 Å². The van der Waals surface area contributed by atoms with Gasteiger partial charge in [-0.3, -0.25) is 19.2 Å². The van der Waals surface area contributed by atoms with Gasteiger partial charge in [0, 0.05) is 49.7 Å². The molecule has 6 rings (SSSR count). The fourth-order valence-electron chi connectivity index (χ4n) is 7.60. The van der Waals surface area contributed by atoms with Crippen LogP contribution in [0.15, 0.2) is 35.4 Å². The maximum absolute atomic E-state index is 13.3. The molecule has 14 nitrogen and oxygen atoms in total. The quantitative estimate of drug-likeness (QED) is 0.252. The number of ether oxygens (including phenoxy) is 4. The highest BCUT2D eigenvalue weighted by atomic mass is 16.6. The van der Waals surface area contributed by atoms with Crippen LogP contribution in [0.25, 0.3) is 22.6 Å². The van der Waals surface area contributed by atoms with Gasteiger partial charge < -0.3 is 49.6 Å². The largest absolute Gasteiger partial charge is 0.507 e. The molecule has 6 unspecified atom stereocenters. The average Bonchev–Trinajstić information content (AvgIpc) is 3.01. The lowest BCUT2D eigenvalue weighted by atomic mass is 9.69. The molecule has 0 radical (unpaired) electrons. The number of carbonyl (C=O) groups excluding carboxylic acids is 4. The first kappa shape index (κ1) is 32.8. The number of Topliss-reactive ketones (excluding diaryl/α,β-unsaturated/α-hetero) is 2. The normalized spacial score (nSPS) is 29.1. The highest BCUT2D eigenvalue weighted by Crippen LogP contribution is 2.56. The SMILES string of the molecule is CC(=O)OC1C(C)CC(=O)C2=C(O)c3c(ccc(-c4ccc(O)c5c4OC4(CO)C(=C5O)C(=O)CC(C)C4OC(C)=O)c3O)OC21CO. The van der Waals surface area contributed by atoms with Crippen LogP contribution in [0, 0.1) is 11.8 Å². The highest BCUT2D eigenvalue weighted by Gasteiger charge is 2.61.